The summed E-state index contributed by atoms with van der Waals surface area (Å²) in [7, 11) is 0. The minimum atomic E-state index is -0.399. The first-order valence-corrected chi connectivity index (χ1v) is 8.32. The second-order valence-electron chi connectivity index (χ2n) is 6.70. The average Bonchev–Trinajstić information content (AvgIpc) is 3.37. The molecule has 1 heterocycles. The highest BCUT2D eigenvalue weighted by Crippen LogP contribution is 2.32. The molecule has 0 bridgehead atoms. The van der Waals surface area contributed by atoms with Crippen molar-refractivity contribution < 1.29 is 9.72 Å². The number of non-ortho nitro benzene ring substituents is 1. The third-order valence-corrected chi connectivity index (χ3v) is 4.74. The van der Waals surface area contributed by atoms with E-state index in [0.717, 1.165) is 37.8 Å². The summed E-state index contributed by atoms with van der Waals surface area (Å²) in [4.78, 5) is 25.2. The largest absolute Gasteiger partial charge is 0.335 e. The van der Waals surface area contributed by atoms with E-state index in [9.17, 15) is 14.9 Å². The molecule has 1 amide bonds. The molecule has 3 rings (SSSR count). The van der Waals surface area contributed by atoms with Crippen molar-refractivity contribution in [2.45, 2.75) is 51.2 Å². The number of nitrogens with zero attached hydrogens (tertiary/aromatic N) is 2. The number of nitrogens with one attached hydrogen (secondary N) is 1. The molecule has 2 fully saturated rings. The maximum atomic E-state index is 12.9. The van der Waals surface area contributed by atoms with E-state index in [0.29, 0.717) is 18.6 Å². The van der Waals surface area contributed by atoms with Gasteiger partial charge in [-0.3, -0.25) is 14.9 Å². The Labute approximate surface area is 136 Å². The fraction of sp³-hybridized carbons (Fsp3) is 0.588. The van der Waals surface area contributed by atoms with Gasteiger partial charge in [0.15, 0.2) is 0 Å². The first-order valence-electron chi connectivity index (χ1n) is 8.32. The zero-order valence-corrected chi connectivity index (χ0v) is 13.4. The topological polar surface area (TPSA) is 75.5 Å². The van der Waals surface area contributed by atoms with E-state index < -0.39 is 4.92 Å². The van der Waals surface area contributed by atoms with Gasteiger partial charge in [0.05, 0.1) is 4.92 Å². The summed E-state index contributed by atoms with van der Waals surface area (Å²) in [5.41, 5.74) is 1.04. The van der Waals surface area contributed by atoms with Crippen LogP contribution in [0.5, 0.6) is 0 Å². The molecule has 0 spiro atoms. The van der Waals surface area contributed by atoms with Gasteiger partial charge in [0.1, 0.15) is 0 Å². The standard InChI is InChI=1S/C17H23N3O3/c1-12-10-14(8-9-18-12)17(21)19(15-6-7-15)11-13-2-4-16(5-3-13)20(22)23/h2-5,12,14-15,18H,6-11H2,1H3/t12-,14-/m0/s1. The molecule has 0 aromatic heterocycles. The van der Waals surface area contributed by atoms with E-state index >= 15 is 0 Å². The van der Waals surface area contributed by atoms with Gasteiger partial charge >= 0.3 is 0 Å². The molecule has 124 valence electrons. The van der Waals surface area contributed by atoms with Crippen LogP contribution in [0.15, 0.2) is 24.3 Å². The lowest BCUT2D eigenvalue weighted by molar-refractivity contribution is -0.384. The maximum Gasteiger partial charge on any atom is 0.269 e. The SMILES string of the molecule is C[C@H]1C[C@@H](C(=O)N(Cc2ccc([N+](=O)[O-])cc2)C2CC2)CCN1. The molecule has 0 radical (unpaired) electrons. The van der Waals surface area contributed by atoms with Crippen molar-refractivity contribution in [3.8, 4) is 0 Å². The summed E-state index contributed by atoms with van der Waals surface area (Å²) in [6.07, 6.45) is 3.92. The maximum absolute atomic E-state index is 12.9. The van der Waals surface area contributed by atoms with Crippen molar-refractivity contribution in [2.24, 2.45) is 5.92 Å². The van der Waals surface area contributed by atoms with Crippen LogP contribution in [-0.4, -0.2) is 34.4 Å². The smallest absolute Gasteiger partial charge is 0.269 e. The molecule has 1 aliphatic carbocycles. The van der Waals surface area contributed by atoms with Crippen LogP contribution >= 0.6 is 0 Å². The summed E-state index contributed by atoms with van der Waals surface area (Å²) in [5, 5.41) is 14.1. The summed E-state index contributed by atoms with van der Waals surface area (Å²) in [6, 6.07) is 7.27. The lowest BCUT2D eigenvalue weighted by Gasteiger charge is -2.32. The van der Waals surface area contributed by atoms with Gasteiger partial charge in [0.25, 0.3) is 5.69 Å². The van der Waals surface area contributed by atoms with Crippen molar-refractivity contribution in [1.82, 2.24) is 10.2 Å². The summed E-state index contributed by atoms with van der Waals surface area (Å²) in [6.45, 7) is 3.57. The zero-order chi connectivity index (χ0) is 16.4. The second-order valence-corrected chi connectivity index (χ2v) is 6.70. The first kappa shape index (κ1) is 15.9. The summed E-state index contributed by atoms with van der Waals surface area (Å²) >= 11 is 0. The predicted molar refractivity (Wildman–Crippen MR) is 86.9 cm³/mol. The van der Waals surface area contributed by atoms with E-state index in [2.05, 4.69) is 12.2 Å². The molecule has 6 heteroatoms. The van der Waals surface area contributed by atoms with Gasteiger partial charge in [-0.1, -0.05) is 12.1 Å². The van der Waals surface area contributed by atoms with Crippen molar-refractivity contribution in [3.63, 3.8) is 0 Å². The van der Waals surface area contributed by atoms with Crippen LogP contribution in [0.25, 0.3) is 0 Å². The van der Waals surface area contributed by atoms with Crippen LogP contribution in [-0.2, 0) is 11.3 Å². The molecule has 1 N–H and O–H groups in total. The van der Waals surface area contributed by atoms with E-state index in [4.69, 9.17) is 0 Å². The molecule has 23 heavy (non-hydrogen) atoms. The van der Waals surface area contributed by atoms with E-state index in [-0.39, 0.29) is 17.5 Å². The van der Waals surface area contributed by atoms with Gasteiger partial charge in [-0.25, -0.2) is 0 Å². The van der Waals surface area contributed by atoms with Crippen molar-refractivity contribution in [3.05, 3.63) is 39.9 Å². The van der Waals surface area contributed by atoms with Gasteiger partial charge in [0, 0.05) is 36.7 Å². The number of hydrogen-bond acceptors (Lipinski definition) is 4. The Morgan fingerprint density at radius 1 is 1.30 bits per heavy atom. The number of nitro benzene ring substituents is 1. The Morgan fingerprint density at radius 3 is 2.57 bits per heavy atom. The van der Waals surface area contributed by atoms with Crippen molar-refractivity contribution in [1.29, 1.82) is 0 Å². The fourth-order valence-electron chi connectivity index (χ4n) is 3.28. The first-order chi connectivity index (χ1) is 11.0. The molecule has 1 aromatic rings. The Morgan fingerprint density at radius 2 is 2.00 bits per heavy atom. The average molecular weight is 317 g/mol. The number of amides is 1. The molecule has 1 aromatic carbocycles. The molecular formula is C17H23N3O3. The van der Waals surface area contributed by atoms with E-state index in [1.54, 1.807) is 12.1 Å². The molecule has 6 nitrogen and oxygen atoms in total. The normalized spacial score (nSPS) is 24.2. The minimum absolute atomic E-state index is 0.0882. The third kappa shape index (κ3) is 3.88. The van der Waals surface area contributed by atoms with Crippen molar-refractivity contribution in [2.75, 3.05) is 6.54 Å². The molecular weight excluding hydrogens is 294 g/mol. The molecule has 2 atom stereocenters. The van der Waals surface area contributed by atoms with E-state index in [1.807, 2.05) is 4.90 Å². The zero-order valence-electron chi connectivity index (χ0n) is 13.4. The van der Waals surface area contributed by atoms with Crippen LogP contribution in [0.2, 0.25) is 0 Å². The molecule has 1 aliphatic heterocycles. The highest BCUT2D eigenvalue weighted by molar-refractivity contribution is 5.79. The van der Waals surface area contributed by atoms with Gasteiger partial charge in [0.2, 0.25) is 5.91 Å². The van der Waals surface area contributed by atoms with Gasteiger partial charge in [-0.15, -0.1) is 0 Å². The van der Waals surface area contributed by atoms with Crippen molar-refractivity contribution >= 4 is 11.6 Å². The third-order valence-electron chi connectivity index (χ3n) is 4.74. The number of piperidine rings is 1. The summed E-state index contributed by atoms with van der Waals surface area (Å²) < 4.78 is 0. The number of hydrogen-bond donors (Lipinski definition) is 1. The van der Waals surface area contributed by atoms with Gasteiger partial charge < -0.3 is 10.2 Å². The number of rotatable bonds is 5. The molecule has 1 saturated heterocycles. The fourth-order valence-corrected chi connectivity index (χ4v) is 3.28. The Hall–Kier alpha value is -1.95. The molecule has 1 saturated carbocycles. The Balaban J connectivity index is 1.69. The van der Waals surface area contributed by atoms with Crippen LogP contribution in [0.1, 0.15) is 38.2 Å². The number of benzene rings is 1. The van der Waals surface area contributed by atoms with Crippen LogP contribution in [0.3, 0.4) is 0 Å². The quantitative estimate of drug-likeness (QED) is 0.668. The van der Waals surface area contributed by atoms with Crippen LogP contribution in [0.4, 0.5) is 5.69 Å². The molecule has 0 unspecified atom stereocenters. The monoisotopic (exact) mass is 317 g/mol. The number of carbonyl (C=O) groups excluding carboxylic acids is 1. The lowest BCUT2D eigenvalue weighted by atomic mass is 9.91. The number of nitro groups is 1. The van der Waals surface area contributed by atoms with Gasteiger partial charge in [-0.05, 0) is 44.7 Å². The molecule has 2 aliphatic rings. The Bertz CT molecular complexity index is 583. The minimum Gasteiger partial charge on any atom is -0.335 e. The predicted octanol–water partition coefficient (Wildman–Crippen LogP) is 2.47. The highest BCUT2D eigenvalue weighted by atomic mass is 16.6. The van der Waals surface area contributed by atoms with Crippen LogP contribution < -0.4 is 5.32 Å². The Kier molecular flexibility index (Phi) is 4.61. The lowest BCUT2D eigenvalue weighted by Crippen LogP contribution is -2.44. The summed E-state index contributed by atoms with van der Waals surface area (Å²) in [5.74, 6) is 0.351. The second kappa shape index (κ2) is 6.66. The number of carbonyl (C=O) groups is 1. The van der Waals surface area contributed by atoms with Crippen LogP contribution in [0, 0.1) is 16.0 Å². The van der Waals surface area contributed by atoms with Gasteiger partial charge in [-0.2, -0.15) is 0 Å². The highest BCUT2D eigenvalue weighted by Gasteiger charge is 2.36. The van der Waals surface area contributed by atoms with E-state index in [1.165, 1.54) is 12.1 Å².